The molecule has 1 aromatic carbocycles. The molecule has 102 valence electrons. The molecular formula is C19H15NS. The summed E-state index contributed by atoms with van der Waals surface area (Å²) < 4.78 is 1.24. The van der Waals surface area contributed by atoms with Crippen LogP contribution < -0.4 is 0 Å². The van der Waals surface area contributed by atoms with Gasteiger partial charge < -0.3 is 0 Å². The molecule has 0 saturated heterocycles. The molecule has 1 aromatic heterocycles. The van der Waals surface area contributed by atoms with Crippen LogP contribution in [0, 0.1) is 13.8 Å². The van der Waals surface area contributed by atoms with E-state index < -0.39 is 0 Å². The lowest BCUT2D eigenvalue weighted by Gasteiger charge is -1.98. The summed E-state index contributed by atoms with van der Waals surface area (Å²) in [5, 5.41) is 1.10. The summed E-state index contributed by atoms with van der Waals surface area (Å²) in [5.41, 5.74) is 7.56. The number of hydrogen-bond donors (Lipinski definition) is 0. The Kier molecular flexibility index (Phi) is 2.79. The third-order valence-electron chi connectivity index (χ3n) is 3.95. The number of rotatable bonds is 1. The molecule has 0 amide bonds. The minimum Gasteiger partial charge on any atom is -0.236 e. The quantitative estimate of drug-likeness (QED) is 0.439. The van der Waals surface area contributed by atoms with Crippen molar-refractivity contribution in [3.63, 3.8) is 0 Å². The molecule has 2 aliphatic carbocycles. The molecule has 0 aliphatic heterocycles. The Morgan fingerprint density at radius 3 is 2.14 bits per heavy atom. The van der Waals surface area contributed by atoms with E-state index in [2.05, 4.69) is 62.4 Å². The summed E-state index contributed by atoms with van der Waals surface area (Å²) in [7, 11) is 0. The molecule has 0 unspecified atom stereocenters. The van der Waals surface area contributed by atoms with Gasteiger partial charge in [-0.1, -0.05) is 30.3 Å². The molecule has 0 bridgehead atoms. The molecular weight excluding hydrogens is 274 g/mol. The number of aryl methyl sites for hydroxylation is 2. The van der Waals surface area contributed by atoms with E-state index in [-0.39, 0.29) is 0 Å². The van der Waals surface area contributed by atoms with Crippen molar-refractivity contribution < 1.29 is 0 Å². The van der Waals surface area contributed by atoms with E-state index in [4.69, 9.17) is 4.98 Å². The van der Waals surface area contributed by atoms with Gasteiger partial charge in [0, 0.05) is 5.56 Å². The highest BCUT2D eigenvalue weighted by Crippen LogP contribution is 2.35. The van der Waals surface area contributed by atoms with Crippen molar-refractivity contribution in [3.8, 4) is 21.7 Å². The zero-order valence-corrected chi connectivity index (χ0v) is 12.9. The Labute approximate surface area is 128 Å². The Morgan fingerprint density at radius 2 is 1.48 bits per heavy atom. The van der Waals surface area contributed by atoms with Crippen LogP contribution in [-0.4, -0.2) is 4.98 Å². The van der Waals surface area contributed by atoms with Gasteiger partial charge in [-0.3, -0.25) is 0 Å². The second kappa shape index (κ2) is 4.68. The van der Waals surface area contributed by atoms with Crippen LogP contribution in [0.4, 0.5) is 0 Å². The van der Waals surface area contributed by atoms with Gasteiger partial charge in [0.15, 0.2) is 0 Å². The predicted molar refractivity (Wildman–Crippen MR) is 91.2 cm³/mol. The van der Waals surface area contributed by atoms with E-state index in [9.17, 15) is 0 Å². The summed E-state index contributed by atoms with van der Waals surface area (Å²) in [4.78, 5) is 4.79. The summed E-state index contributed by atoms with van der Waals surface area (Å²) in [6, 6.07) is 19.4. The van der Waals surface area contributed by atoms with E-state index in [1.165, 1.54) is 32.5 Å². The largest absolute Gasteiger partial charge is 0.236 e. The maximum absolute atomic E-state index is 4.79. The van der Waals surface area contributed by atoms with Crippen LogP contribution in [0.3, 0.4) is 0 Å². The highest BCUT2D eigenvalue weighted by molar-refractivity contribution is 7.21. The zero-order chi connectivity index (χ0) is 14.4. The first-order chi connectivity index (χ1) is 10.2. The third kappa shape index (κ3) is 2.03. The lowest BCUT2D eigenvalue weighted by molar-refractivity contribution is 1.46. The normalized spacial score (nSPS) is 11.3. The topological polar surface area (TPSA) is 12.9 Å². The Bertz CT molecular complexity index is 850. The third-order valence-corrected chi connectivity index (χ3v) is 5.04. The summed E-state index contributed by atoms with van der Waals surface area (Å²) >= 11 is 1.76. The maximum atomic E-state index is 4.79. The molecule has 4 rings (SSSR count). The van der Waals surface area contributed by atoms with Crippen molar-refractivity contribution in [3.05, 3.63) is 65.7 Å². The second-order valence-corrected chi connectivity index (χ2v) is 6.48. The monoisotopic (exact) mass is 289 g/mol. The first kappa shape index (κ1) is 12.5. The molecule has 0 fully saturated rings. The minimum absolute atomic E-state index is 1.08. The van der Waals surface area contributed by atoms with Crippen LogP contribution >= 0.6 is 11.3 Å². The van der Waals surface area contributed by atoms with Crippen molar-refractivity contribution >= 4 is 21.6 Å². The molecule has 2 aromatic rings. The minimum atomic E-state index is 1.08. The van der Waals surface area contributed by atoms with Gasteiger partial charge in [-0.05, 0) is 60.4 Å². The number of nitrogens with zero attached hydrogens (tertiary/aromatic N) is 1. The first-order valence-corrected chi connectivity index (χ1v) is 7.90. The van der Waals surface area contributed by atoms with Crippen molar-refractivity contribution in [2.24, 2.45) is 0 Å². The molecule has 2 aliphatic rings. The van der Waals surface area contributed by atoms with Gasteiger partial charge in [0.05, 0.1) is 10.2 Å². The lowest BCUT2D eigenvalue weighted by atomic mass is 10.1. The van der Waals surface area contributed by atoms with Gasteiger partial charge in [-0.2, -0.15) is 0 Å². The highest BCUT2D eigenvalue weighted by Gasteiger charge is 2.11. The Morgan fingerprint density at radius 1 is 0.810 bits per heavy atom. The van der Waals surface area contributed by atoms with Crippen LogP contribution in [0.1, 0.15) is 11.1 Å². The molecule has 0 radical (unpaired) electrons. The number of para-hydroxylation sites is 1. The molecule has 21 heavy (non-hydrogen) atoms. The maximum Gasteiger partial charge on any atom is 0.124 e. The summed E-state index contributed by atoms with van der Waals surface area (Å²) in [5.74, 6) is 0. The van der Waals surface area contributed by atoms with Crippen LogP contribution in [0.25, 0.3) is 31.9 Å². The molecule has 2 heteroatoms. The van der Waals surface area contributed by atoms with Crippen molar-refractivity contribution in [1.29, 1.82) is 0 Å². The molecule has 0 saturated carbocycles. The van der Waals surface area contributed by atoms with Crippen molar-refractivity contribution in [2.75, 3.05) is 0 Å². The zero-order valence-electron chi connectivity index (χ0n) is 12.1. The average Bonchev–Trinajstić information content (AvgIpc) is 3.10. The molecule has 1 nitrogen and oxygen atoms in total. The van der Waals surface area contributed by atoms with Gasteiger partial charge in [0.2, 0.25) is 0 Å². The van der Waals surface area contributed by atoms with Crippen LogP contribution in [0.5, 0.6) is 0 Å². The SMILES string of the molecule is Cc1cc(-c2nc3ccccc3s2)cc(C)c2cccc1-2. The molecule has 0 atom stereocenters. The number of fused-ring (bicyclic) bond motifs is 2. The van der Waals surface area contributed by atoms with Gasteiger partial charge in [-0.25, -0.2) is 4.98 Å². The van der Waals surface area contributed by atoms with E-state index >= 15 is 0 Å². The van der Waals surface area contributed by atoms with Crippen molar-refractivity contribution in [2.45, 2.75) is 13.8 Å². The smallest absolute Gasteiger partial charge is 0.124 e. The Hall–Kier alpha value is -2.19. The molecule has 0 N–H and O–H groups in total. The number of aromatic nitrogens is 1. The highest BCUT2D eigenvalue weighted by atomic mass is 32.1. The van der Waals surface area contributed by atoms with E-state index in [1.807, 2.05) is 6.07 Å². The second-order valence-electron chi connectivity index (χ2n) is 5.45. The van der Waals surface area contributed by atoms with Gasteiger partial charge in [0.1, 0.15) is 5.01 Å². The standard InChI is InChI=1S/C19H15NS/c1-12-10-14(11-13(2)16-7-5-6-15(12)16)19-20-17-8-3-4-9-18(17)21-19/h3-11H,1-2H3. The number of thiazole rings is 1. The molecule has 0 spiro atoms. The fourth-order valence-electron chi connectivity index (χ4n) is 2.89. The molecule has 1 heterocycles. The summed E-state index contributed by atoms with van der Waals surface area (Å²) in [6.07, 6.45) is 0. The summed E-state index contributed by atoms with van der Waals surface area (Å²) in [6.45, 7) is 4.36. The fourth-order valence-corrected chi connectivity index (χ4v) is 3.84. The Balaban J connectivity index is 1.99. The van der Waals surface area contributed by atoms with Gasteiger partial charge in [-0.15, -0.1) is 11.3 Å². The number of benzene rings is 1. The van der Waals surface area contributed by atoms with Gasteiger partial charge in [0.25, 0.3) is 0 Å². The van der Waals surface area contributed by atoms with E-state index in [1.54, 1.807) is 11.3 Å². The van der Waals surface area contributed by atoms with Crippen molar-refractivity contribution in [1.82, 2.24) is 4.98 Å². The fraction of sp³-hybridized carbons (Fsp3) is 0.105. The van der Waals surface area contributed by atoms with Crippen LogP contribution in [-0.2, 0) is 0 Å². The lowest BCUT2D eigenvalue weighted by Crippen LogP contribution is -1.75. The van der Waals surface area contributed by atoms with Gasteiger partial charge >= 0.3 is 0 Å². The van der Waals surface area contributed by atoms with Crippen LogP contribution in [0.15, 0.2) is 54.6 Å². The average molecular weight is 289 g/mol. The van der Waals surface area contributed by atoms with Crippen LogP contribution in [0.2, 0.25) is 0 Å². The first-order valence-electron chi connectivity index (χ1n) is 7.08. The van der Waals surface area contributed by atoms with E-state index in [0.717, 1.165) is 10.5 Å². The van der Waals surface area contributed by atoms with E-state index in [0.29, 0.717) is 0 Å². The predicted octanol–water partition coefficient (Wildman–Crippen LogP) is 5.68. The number of hydrogen-bond acceptors (Lipinski definition) is 2.